The zero-order valence-corrected chi connectivity index (χ0v) is 12.4. The normalized spacial score (nSPS) is 13.5. The summed E-state index contributed by atoms with van der Waals surface area (Å²) < 4.78 is 13.6. The Labute approximate surface area is 114 Å². The van der Waals surface area contributed by atoms with Gasteiger partial charge in [0.2, 0.25) is 0 Å². The lowest BCUT2D eigenvalue weighted by Crippen LogP contribution is -2.30. The first-order valence-electron chi connectivity index (χ1n) is 5.34. The van der Waals surface area contributed by atoms with E-state index in [1.54, 1.807) is 12.1 Å². The van der Waals surface area contributed by atoms with Crippen LogP contribution >= 0.6 is 27.5 Å². The van der Waals surface area contributed by atoms with Gasteiger partial charge in [0.25, 0.3) is 0 Å². The van der Waals surface area contributed by atoms with E-state index >= 15 is 0 Å². The van der Waals surface area contributed by atoms with Crippen molar-refractivity contribution in [2.75, 3.05) is 0 Å². The van der Waals surface area contributed by atoms with E-state index < -0.39 is 5.41 Å². The predicted molar refractivity (Wildman–Crippen MR) is 72.3 cm³/mol. The van der Waals surface area contributed by atoms with Crippen molar-refractivity contribution < 1.29 is 9.18 Å². The minimum absolute atomic E-state index is 0.0619. The van der Waals surface area contributed by atoms with Crippen molar-refractivity contribution in [1.29, 1.82) is 0 Å². The molecule has 1 aromatic carbocycles. The van der Waals surface area contributed by atoms with Crippen LogP contribution in [0.15, 0.2) is 18.2 Å². The van der Waals surface area contributed by atoms with Crippen LogP contribution in [0.1, 0.15) is 26.3 Å². The fraction of sp³-hybridized carbons (Fsp3) is 0.462. The van der Waals surface area contributed by atoms with Crippen LogP contribution in [-0.2, 0) is 11.2 Å². The van der Waals surface area contributed by atoms with Gasteiger partial charge in [0.1, 0.15) is 5.82 Å². The average Bonchev–Trinajstić information content (AvgIpc) is 2.19. The van der Waals surface area contributed by atoms with Crippen molar-refractivity contribution in [3.63, 3.8) is 0 Å². The summed E-state index contributed by atoms with van der Waals surface area (Å²) in [5.41, 5.74) is 0.0609. The van der Waals surface area contributed by atoms with Crippen LogP contribution in [0.2, 0.25) is 5.02 Å². The van der Waals surface area contributed by atoms with Gasteiger partial charge in [-0.3, -0.25) is 4.79 Å². The number of ketones is 1. The lowest BCUT2D eigenvalue weighted by molar-refractivity contribution is -0.125. The Morgan fingerprint density at radius 2 is 2.06 bits per heavy atom. The fourth-order valence-corrected chi connectivity index (χ4v) is 2.64. The molecule has 0 spiro atoms. The number of benzene rings is 1. The van der Waals surface area contributed by atoms with Gasteiger partial charge in [0.15, 0.2) is 5.78 Å². The second-order valence-electron chi connectivity index (χ2n) is 5.02. The molecule has 1 nitrogen and oxygen atoms in total. The number of rotatable bonds is 3. The summed E-state index contributed by atoms with van der Waals surface area (Å²) in [4.78, 5) is 11.6. The fourth-order valence-electron chi connectivity index (χ4n) is 1.44. The monoisotopic (exact) mass is 320 g/mol. The predicted octanol–water partition coefficient (Wildman–Crippen LogP) is 4.40. The molecule has 1 aromatic rings. The van der Waals surface area contributed by atoms with Crippen molar-refractivity contribution in [1.82, 2.24) is 0 Å². The van der Waals surface area contributed by atoms with Crippen molar-refractivity contribution in [2.24, 2.45) is 5.41 Å². The topological polar surface area (TPSA) is 17.1 Å². The third-order valence-corrected chi connectivity index (χ3v) is 3.41. The second kappa shape index (κ2) is 5.49. The molecule has 4 heteroatoms. The van der Waals surface area contributed by atoms with Crippen molar-refractivity contribution in [3.05, 3.63) is 34.6 Å². The molecular weight excluding hydrogens is 306 g/mol. The van der Waals surface area contributed by atoms with Crippen LogP contribution < -0.4 is 0 Å². The molecule has 17 heavy (non-hydrogen) atoms. The summed E-state index contributed by atoms with van der Waals surface area (Å²) in [5, 5.41) is 0.361. The summed E-state index contributed by atoms with van der Waals surface area (Å²) in [6, 6.07) is 4.50. The van der Waals surface area contributed by atoms with Gasteiger partial charge in [0.05, 0.1) is 4.83 Å². The zero-order chi connectivity index (χ0) is 13.2. The molecule has 1 rings (SSSR count). The van der Waals surface area contributed by atoms with E-state index in [0.29, 0.717) is 17.0 Å². The van der Waals surface area contributed by atoms with Crippen LogP contribution in [0.25, 0.3) is 0 Å². The number of carbonyl (C=O) groups excluding carboxylic acids is 1. The Bertz CT molecular complexity index is 426. The van der Waals surface area contributed by atoms with E-state index in [9.17, 15) is 9.18 Å². The first kappa shape index (κ1) is 14.7. The minimum atomic E-state index is -0.433. The molecule has 0 aliphatic rings. The number of carbonyl (C=O) groups is 1. The van der Waals surface area contributed by atoms with Crippen molar-refractivity contribution >= 4 is 33.3 Å². The van der Waals surface area contributed by atoms with Crippen LogP contribution in [-0.4, -0.2) is 10.6 Å². The van der Waals surface area contributed by atoms with E-state index in [-0.39, 0.29) is 16.4 Å². The highest BCUT2D eigenvalue weighted by Gasteiger charge is 2.28. The molecule has 0 aliphatic carbocycles. The van der Waals surface area contributed by atoms with Gasteiger partial charge in [-0.2, -0.15) is 0 Å². The van der Waals surface area contributed by atoms with Crippen LogP contribution in [0.4, 0.5) is 4.39 Å². The smallest absolute Gasteiger partial charge is 0.152 e. The first-order chi connectivity index (χ1) is 7.71. The molecule has 0 radical (unpaired) electrons. The second-order valence-corrected chi connectivity index (χ2v) is 6.56. The largest absolute Gasteiger partial charge is 0.298 e. The van der Waals surface area contributed by atoms with Gasteiger partial charge in [0, 0.05) is 10.4 Å². The van der Waals surface area contributed by atoms with E-state index in [4.69, 9.17) is 11.6 Å². The molecule has 0 N–H and O–H groups in total. The molecule has 1 atom stereocenters. The Morgan fingerprint density at radius 1 is 1.47 bits per heavy atom. The molecule has 0 saturated heterocycles. The summed E-state index contributed by atoms with van der Waals surface area (Å²) in [5.74, 6) is -0.310. The SMILES string of the molecule is CC(C)(C)C(=O)C(Br)Cc1ccc(Cl)cc1F. The highest BCUT2D eigenvalue weighted by atomic mass is 79.9. The Hall–Kier alpha value is -0.410. The Morgan fingerprint density at radius 3 is 2.53 bits per heavy atom. The van der Waals surface area contributed by atoms with Crippen molar-refractivity contribution in [2.45, 2.75) is 32.0 Å². The molecule has 0 saturated carbocycles. The van der Waals surface area contributed by atoms with Crippen LogP contribution in [0.3, 0.4) is 0 Å². The summed E-state index contributed by atoms with van der Waals surface area (Å²) in [6.07, 6.45) is 0.332. The lowest BCUT2D eigenvalue weighted by atomic mass is 9.87. The van der Waals surface area contributed by atoms with Gasteiger partial charge in [-0.1, -0.05) is 54.4 Å². The van der Waals surface area contributed by atoms with Crippen LogP contribution in [0.5, 0.6) is 0 Å². The molecule has 1 unspecified atom stereocenters. The third-order valence-electron chi connectivity index (χ3n) is 2.44. The highest BCUT2D eigenvalue weighted by Crippen LogP contribution is 2.24. The average molecular weight is 322 g/mol. The zero-order valence-electron chi connectivity index (χ0n) is 10.1. The number of hydrogen-bond acceptors (Lipinski definition) is 1. The molecule has 0 fully saturated rings. The van der Waals surface area contributed by atoms with E-state index in [2.05, 4.69) is 15.9 Å². The number of Topliss-reactive ketones (excluding diaryl/α,β-unsaturated/α-hetero) is 1. The molecule has 0 bridgehead atoms. The summed E-state index contributed by atoms with van der Waals surface area (Å²) in [6.45, 7) is 5.55. The summed E-state index contributed by atoms with van der Waals surface area (Å²) in [7, 11) is 0. The van der Waals surface area contributed by atoms with E-state index in [1.807, 2.05) is 20.8 Å². The highest BCUT2D eigenvalue weighted by molar-refractivity contribution is 9.10. The van der Waals surface area contributed by atoms with Gasteiger partial charge in [-0.05, 0) is 24.1 Å². The van der Waals surface area contributed by atoms with Gasteiger partial charge in [-0.15, -0.1) is 0 Å². The first-order valence-corrected chi connectivity index (χ1v) is 6.63. The number of halogens is 3. The third kappa shape index (κ3) is 4.07. The lowest BCUT2D eigenvalue weighted by Gasteiger charge is -2.20. The Kier molecular flexibility index (Phi) is 4.73. The maximum atomic E-state index is 13.6. The quantitative estimate of drug-likeness (QED) is 0.754. The van der Waals surface area contributed by atoms with E-state index in [1.165, 1.54) is 6.07 Å². The van der Waals surface area contributed by atoms with Gasteiger partial charge >= 0.3 is 0 Å². The van der Waals surface area contributed by atoms with Crippen LogP contribution in [0, 0.1) is 11.2 Å². The summed E-state index contributed by atoms with van der Waals surface area (Å²) >= 11 is 8.99. The number of alkyl halides is 1. The molecule has 0 heterocycles. The minimum Gasteiger partial charge on any atom is -0.298 e. The van der Waals surface area contributed by atoms with Gasteiger partial charge in [-0.25, -0.2) is 4.39 Å². The molecule has 0 aliphatic heterocycles. The maximum Gasteiger partial charge on any atom is 0.152 e. The van der Waals surface area contributed by atoms with Gasteiger partial charge < -0.3 is 0 Å². The molecular formula is C13H15BrClFO. The standard InChI is InChI=1S/C13H15BrClFO/c1-13(2,3)12(17)10(14)6-8-4-5-9(15)7-11(8)16/h4-5,7,10H,6H2,1-3H3. The van der Waals surface area contributed by atoms with Crippen molar-refractivity contribution in [3.8, 4) is 0 Å². The molecule has 0 amide bonds. The molecule has 0 aromatic heterocycles. The number of hydrogen-bond donors (Lipinski definition) is 0. The maximum absolute atomic E-state index is 13.6. The Balaban J connectivity index is 2.81. The molecule has 94 valence electrons. The van der Waals surface area contributed by atoms with E-state index in [0.717, 1.165) is 0 Å².